The Morgan fingerprint density at radius 2 is 1.95 bits per heavy atom. The lowest BCUT2D eigenvalue weighted by atomic mass is 9.94. The van der Waals surface area contributed by atoms with Gasteiger partial charge in [-0.2, -0.15) is 0 Å². The fraction of sp³-hybridized carbons (Fsp3) is 0.467. The minimum Gasteiger partial charge on any atom is -0.481 e. The molecule has 4 nitrogen and oxygen atoms in total. The first-order chi connectivity index (χ1) is 9.97. The number of likely N-dealkylation sites (tertiary alicyclic amines) is 1. The first-order valence-electron chi connectivity index (χ1n) is 6.90. The summed E-state index contributed by atoms with van der Waals surface area (Å²) in [5.74, 6) is -0.842. The molecule has 1 amide bonds. The van der Waals surface area contributed by atoms with Crippen LogP contribution in [0, 0.1) is 5.92 Å². The molecular formula is C15H17Cl2NO3. The van der Waals surface area contributed by atoms with Gasteiger partial charge in [0.05, 0.1) is 6.42 Å². The van der Waals surface area contributed by atoms with E-state index < -0.39 is 5.97 Å². The van der Waals surface area contributed by atoms with Crippen molar-refractivity contribution in [2.24, 2.45) is 5.92 Å². The molecule has 0 radical (unpaired) electrons. The van der Waals surface area contributed by atoms with Crippen LogP contribution in [0.3, 0.4) is 0 Å². The zero-order chi connectivity index (χ0) is 15.4. The standard InChI is InChI=1S/C15H17Cl2NO3/c16-12-4-1-5-13(17)11(12)8-14(19)18-6-2-3-10(9-18)7-15(20)21/h1,4-5,10H,2-3,6-9H2,(H,20,21). The summed E-state index contributed by atoms with van der Waals surface area (Å²) in [5, 5.41) is 9.82. The molecule has 1 heterocycles. The average Bonchev–Trinajstić information content (AvgIpc) is 2.42. The van der Waals surface area contributed by atoms with Crippen molar-refractivity contribution in [1.29, 1.82) is 0 Å². The fourth-order valence-electron chi connectivity index (χ4n) is 2.67. The van der Waals surface area contributed by atoms with Gasteiger partial charge in [0.15, 0.2) is 0 Å². The highest BCUT2D eigenvalue weighted by molar-refractivity contribution is 6.36. The smallest absolute Gasteiger partial charge is 0.303 e. The molecule has 0 aliphatic carbocycles. The van der Waals surface area contributed by atoms with Crippen LogP contribution in [-0.4, -0.2) is 35.0 Å². The van der Waals surface area contributed by atoms with E-state index in [1.54, 1.807) is 23.1 Å². The van der Waals surface area contributed by atoms with Crippen molar-refractivity contribution in [3.63, 3.8) is 0 Å². The molecule has 21 heavy (non-hydrogen) atoms. The highest BCUT2D eigenvalue weighted by Gasteiger charge is 2.26. The molecule has 1 saturated heterocycles. The van der Waals surface area contributed by atoms with Crippen molar-refractivity contribution in [3.8, 4) is 0 Å². The number of rotatable bonds is 4. The van der Waals surface area contributed by atoms with E-state index in [4.69, 9.17) is 28.3 Å². The lowest BCUT2D eigenvalue weighted by Gasteiger charge is -2.32. The number of nitrogens with zero attached hydrogens (tertiary/aromatic N) is 1. The largest absolute Gasteiger partial charge is 0.481 e. The van der Waals surface area contributed by atoms with Gasteiger partial charge in [0, 0.05) is 29.6 Å². The van der Waals surface area contributed by atoms with Gasteiger partial charge in [-0.1, -0.05) is 29.3 Å². The first-order valence-corrected chi connectivity index (χ1v) is 7.65. The molecule has 6 heteroatoms. The summed E-state index contributed by atoms with van der Waals surface area (Å²) in [5.41, 5.74) is 0.631. The molecule has 0 saturated carbocycles. The van der Waals surface area contributed by atoms with E-state index >= 15 is 0 Å². The number of hydrogen-bond acceptors (Lipinski definition) is 2. The third-order valence-corrected chi connectivity index (χ3v) is 4.43. The molecule has 0 bridgehead atoms. The molecule has 0 spiro atoms. The lowest BCUT2D eigenvalue weighted by Crippen LogP contribution is -2.41. The number of amides is 1. The van der Waals surface area contributed by atoms with Gasteiger partial charge in [0.2, 0.25) is 5.91 Å². The second-order valence-corrected chi connectivity index (χ2v) is 6.14. The monoisotopic (exact) mass is 329 g/mol. The lowest BCUT2D eigenvalue weighted by molar-refractivity contribution is -0.140. The quantitative estimate of drug-likeness (QED) is 0.922. The van der Waals surface area contributed by atoms with Crippen molar-refractivity contribution >= 4 is 35.1 Å². The first kappa shape index (κ1) is 16.1. The Hall–Kier alpha value is -1.26. The van der Waals surface area contributed by atoms with Gasteiger partial charge in [-0.3, -0.25) is 9.59 Å². The van der Waals surface area contributed by atoms with Gasteiger partial charge >= 0.3 is 5.97 Å². The van der Waals surface area contributed by atoms with E-state index in [0.717, 1.165) is 12.8 Å². The molecule has 1 atom stereocenters. The molecule has 1 aliphatic rings. The van der Waals surface area contributed by atoms with E-state index in [9.17, 15) is 9.59 Å². The molecular weight excluding hydrogens is 313 g/mol. The van der Waals surface area contributed by atoms with E-state index in [0.29, 0.717) is 28.7 Å². The minimum atomic E-state index is -0.816. The summed E-state index contributed by atoms with van der Waals surface area (Å²) < 4.78 is 0. The number of carboxylic acids is 1. The number of aliphatic carboxylic acids is 1. The summed E-state index contributed by atoms with van der Waals surface area (Å²) in [6, 6.07) is 5.15. The third kappa shape index (κ3) is 4.35. The van der Waals surface area contributed by atoms with Gasteiger partial charge in [0.25, 0.3) is 0 Å². The number of hydrogen-bond donors (Lipinski definition) is 1. The van der Waals surface area contributed by atoms with Crippen LogP contribution in [0.15, 0.2) is 18.2 Å². The highest BCUT2D eigenvalue weighted by Crippen LogP contribution is 2.26. The maximum Gasteiger partial charge on any atom is 0.303 e. The van der Waals surface area contributed by atoms with Gasteiger partial charge in [-0.25, -0.2) is 0 Å². The molecule has 1 aliphatic heterocycles. The maximum atomic E-state index is 12.4. The molecule has 2 rings (SSSR count). The zero-order valence-corrected chi connectivity index (χ0v) is 13.0. The van der Waals surface area contributed by atoms with Gasteiger partial charge in [-0.05, 0) is 36.5 Å². The number of halogens is 2. The Morgan fingerprint density at radius 1 is 1.29 bits per heavy atom. The molecule has 1 N–H and O–H groups in total. The average molecular weight is 330 g/mol. The highest BCUT2D eigenvalue weighted by atomic mass is 35.5. The zero-order valence-electron chi connectivity index (χ0n) is 11.5. The number of carbonyl (C=O) groups excluding carboxylic acids is 1. The number of carboxylic acid groups (broad SMARTS) is 1. The van der Waals surface area contributed by atoms with Crippen molar-refractivity contribution in [3.05, 3.63) is 33.8 Å². The molecule has 1 aromatic carbocycles. The SMILES string of the molecule is O=C(O)CC1CCCN(C(=O)Cc2c(Cl)cccc2Cl)C1. The fourth-order valence-corrected chi connectivity index (χ4v) is 3.20. The van der Waals surface area contributed by atoms with Crippen molar-refractivity contribution in [1.82, 2.24) is 4.90 Å². The van der Waals surface area contributed by atoms with Crippen molar-refractivity contribution < 1.29 is 14.7 Å². The second kappa shape index (κ2) is 7.14. The Labute approximate surface area is 133 Å². The number of piperidine rings is 1. The molecule has 1 unspecified atom stereocenters. The second-order valence-electron chi connectivity index (χ2n) is 5.32. The predicted octanol–water partition coefficient (Wildman–Crippen LogP) is 3.25. The molecule has 1 aromatic rings. The van der Waals surface area contributed by atoms with Crippen molar-refractivity contribution in [2.75, 3.05) is 13.1 Å². The van der Waals surface area contributed by atoms with Crippen LogP contribution in [-0.2, 0) is 16.0 Å². The maximum absolute atomic E-state index is 12.4. The Morgan fingerprint density at radius 3 is 2.57 bits per heavy atom. The minimum absolute atomic E-state index is 0.0296. The topological polar surface area (TPSA) is 57.6 Å². The molecule has 0 aromatic heterocycles. The summed E-state index contributed by atoms with van der Waals surface area (Å²) in [6.07, 6.45) is 1.94. The van der Waals surface area contributed by atoms with Crippen LogP contribution in [0.1, 0.15) is 24.8 Å². The predicted molar refractivity (Wildman–Crippen MR) is 81.7 cm³/mol. The van der Waals surface area contributed by atoms with Gasteiger partial charge in [-0.15, -0.1) is 0 Å². The van der Waals surface area contributed by atoms with Crippen LogP contribution in [0.4, 0.5) is 0 Å². The van der Waals surface area contributed by atoms with Crippen LogP contribution in [0.25, 0.3) is 0 Å². The van der Waals surface area contributed by atoms with E-state index in [2.05, 4.69) is 0 Å². The Bertz CT molecular complexity index is 527. The third-order valence-electron chi connectivity index (χ3n) is 3.72. The number of benzene rings is 1. The van der Waals surface area contributed by atoms with Gasteiger partial charge in [0.1, 0.15) is 0 Å². The van der Waals surface area contributed by atoms with Gasteiger partial charge < -0.3 is 10.0 Å². The van der Waals surface area contributed by atoms with Crippen LogP contribution in [0.5, 0.6) is 0 Å². The summed E-state index contributed by atoms with van der Waals surface area (Å²) in [7, 11) is 0. The molecule has 1 fully saturated rings. The van der Waals surface area contributed by atoms with Crippen LogP contribution in [0.2, 0.25) is 10.0 Å². The Kier molecular flexibility index (Phi) is 5.48. The van der Waals surface area contributed by atoms with Crippen molar-refractivity contribution in [2.45, 2.75) is 25.7 Å². The summed E-state index contributed by atoms with van der Waals surface area (Å²) in [6.45, 7) is 1.16. The van der Waals surface area contributed by atoms with E-state index in [1.165, 1.54) is 0 Å². The number of carbonyl (C=O) groups is 2. The summed E-state index contributed by atoms with van der Waals surface area (Å²) in [4.78, 5) is 24.9. The molecule has 114 valence electrons. The summed E-state index contributed by atoms with van der Waals surface area (Å²) >= 11 is 12.2. The normalized spacial score (nSPS) is 18.6. The Balaban J connectivity index is 2.01. The van der Waals surface area contributed by atoms with Crippen LogP contribution >= 0.6 is 23.2 Å². The van der Waals surface area contributed by atoms with E-state index in [-0.39, 0.29) is 24.7 Å². The van der Waals surface area contributed by atoms with Crippen LogP contribution < -0.4 is 0 Å². The van der Waals surface area contributed by atoms with E-state index in [1.807, 2.05) is 0 Å².